The van der Waals surface area contributed by atoms with Gasteiger partial charge in [0.25, 0.3) is 5.91 Å². The van der Waals surface area contributed by atoms with Crippen LogP contribution in [0.5, 0.6) is 0 Å². The monoisotopic (exact) mass is 404 g/mol. The van der Waals surface area contributed by atoms with Crippen molar-refractivity contribution in [2.24, 2.45) is 0 Å². The quantitative estimate of drug-likeness (QED) is 0.608. The third-order valence-corrected chi connectivity index (χ3v) is 4.53. The lowest BCUT2D eigenvalue weighted by atomic mass is 10.0. The van der Waals surface area contributed by atoms with Crippen molar-refractivity contribution in [3.8, 4) is 0 Å². The molecule has 128 valence electrons. The topological polar surface area (TPSA) is 82.2 Å². The minimum absolute atomic E-state index is 0.129. The van der Waals surface area contributed by atoms with Gasteiger partial charge in [-0.2, -0.15) is 0 Å². The molecular weight excluding hydrogens is 391 g/mol. The zero-order valence-electron chi connectivity index (χ0n) is 12.9. The number of carbonyl (C=O) groups excluding carboxylic acids is 1. The van der Waals surface area contributed by atoms with Crippen molar-refractivity contribution in [3.63, 3.8) is 0 Å². The van der Waals surface area contributed by atoms with Gasteiger partial charge in [0.2, 0.25) is 0 Å². The number of carboxylic acid groups (broad SMARTS) is 1. The van der Waals surface area contributed by atoms with Crippen molar-refractivity contribution in [2.45, 2.75) is 12.5 Å². The summed E-state index contributed by atoms with van der Waals surface area (Å²) in [6.07, 6.45) is 1.87. The lowest BCUT2D eigenvalue weighted by Gasteiger charge is -2.15. The van der Waals surface area contributed by atoms with Crippen LogP contribution in [0.1, 0.15) is 15.9 Å². The van der Waals surface area contributed by atoms with Crippen molar-refractivity contribution in [3.05, 3.63) is 70.1 Å². The third kappa shape index (κ3) is 3.71. The second-order valence-electron chi connectivity index (χ2n) is 5.55. The molecular formula is C18H14BrFN2O3. The van der Waals surface area contributed by atoms with E-state index in [-0.39, 0.29) is 16.5 Å². The van der Waals surface area contributed by atoms with Gasteiger partial charge in [0.15, 0.2) is 0 Å². The van der Waals surface area contributed by atoms with E-state index in [2.05, 4.69) is 26.2 Å². The van der Waals surface area contributed by atoms with Crippen LogP contribution < -0.4 is 5.32 Å². The summed E-state index contributed by atoms with van der Waals surface area (Å²) in [4.78, 5) is 27.0. The van der Waals surface area contributed by atoms with Crippen LogP contribution in [-0.2, 0) is 11.2 Å². The number of amides is 1. The Labute approximate surface area is 151 Å². The van der Waals surface area contributed by atoms with Gasteiger partial charge in [0.05, 0.1) is 5.56 Å². The molecule has 1 atom stereocenters. The van der Waals surface area contributed by atoms with E-state index in [1.807, 2.05) is 24.3 Å². The highest BCUT2D eigenvalue weighted by Crippen LogP contribution is 2.21. The molecule has 0 bridgehead atoms. The number of aromatic amines is 1. The van der Waals surface area contributed by atoms with Gasteiger partial charge in [0.1, 0.15) is 11.9 Å². The number of hydrogen-bond acceptors (Lipinski definition) is 2. The number of rotatable bonds is 5. The van der Waals surface area contributed by atoms with Crippen LogP contribution in [0.25, 0.3) is 10.9 Å². The maximum Gasteiger partial charge on any atom is 0.326 e. The average Bonchev–Trinajstić information content (AvgIpc) is 2.97. The van der Waals surface area contributed by atoms with Crippen LogP contribution >= 0.6 is 15.9 Å². The first-order valence-electron chi connectivity index (χ1n) is 7.49. The number of para-hydroxylation sites is 1. The number of nitrogens with one attached hydrogen (secondary N) is 2. The number of carboxylic acids is 1. The highest BCUT2D eigenvalue weighted by Gasteiger charge is 2.23. The summed E-state index contributed by atoms with van der Waals surface area (Å²) in [7, 11) is 0. The predicted molar refractivity (Wildman–Crippen MR) is 95.0 cm³/mol. The van der Waals surface area contributed by atoms with Gasteiger partial charge in [-0.05, 0) is 45.8 Å². The smallest absolute Gasteiger partial charge is 0.326 e. The van der Waals surface area contributed by atoms with Crippen LogP contribution in [-0.4, -0.2) is 28.0 Å². The Bertz CT molecular complexity index is 954. The molecule has 0 radical (unpaired) electrons. The Balaban J connectivity index is 1.82. The molecule has 3 aromatic rings. The largest absolute Gasteiger partial charge is 0.480 e. The fourth-order valence-electron chi connectivity index (χ4n) is 2.63. The summed E-state index contributed by atoms with van der Waals surface area (Å²) in [6.45, 7) is 0. The van der Waals surface area contributed by atoms with E-state index in [4.69, 9.17) is 0 Å². The van der Waals surface area contributed by atoms with Gasteiger partial charge < -0.3 is 15.4 Å². The standard InChI is InChI=1S/C18H14BrFN2O3/c19-14-8-11(20)5-6-13(14)17(23)22-16(18(24)25)7-10-9-21-15-4-2-1-3-12(10)15/h1-6,8-9,16,21H,7H2,(H,22,23)(H,24,25). The summed E-state index contributed by atoms with van der Waals surface area (Å²) in [5.74, 6) is -2.21. The number of carbonyl (C=O) groups is 2. The number of fused-ring (bicyclic) bond motifs is 1. The third-order valence-electron chi connectivity index (χ3n) is 3.88. The van der Waals surface area contributed by atoms with Gasteiger partial charge >= 0.3 is 5.97 Å². The molecule has 0 saturated heterocycles. The minimum atomic E-state index is -1.14. The van der Waals surface area contributed by atoms with Crippen molar-refractivity contribution in [1.82, 2.24) is 10.3 Å². The fourth-order valence-corrected chi connectivity index (χ4v) is 3.16. The number of aliphatic carboxylic acids is 1. The Morgan fingerprint density at radius 2 is 2.00 bits per heavy atom. The summed E-state index contributed by atoms with van der Waals surface area (Å²) in [6, 6.07) is 10.0. The zero-order chi connectivity index (χ0) is 18.0. The average molecular weight is 405 g/mol. The fraction of sp³-hybridized carbons (Fsp3) is 0.111. The van der Waals surface area contributed by atoms with E-state index in [1.165, 1.54) is 6.07 Å². The molecule has 7 heteroatoms. The molecule has 5 nitrogen and oxygen atoms in total. The molecule has 3 rings (SSSR count). The summed E-state index contributed by atoms with van der Waals surface area (Å²) in [5.41, 5.74) is 1.86. The Morgan fingerprint density at radius 1 is 1.24 bits per heavy atom. The van der Waals surface area contributed by atoms with Crippen LogP contribution in [0, 0.1) is 5.82 Å². The molecule has 0 aliphatic rings. The van der Waals surface area contributed by atoms with Gasteiger partial charge in [-0.1, -0.05) is 18.2 Å². The van der Waals surface area contributed by atoms with Crippen molar-refractivity contribution in [1.29, 1.82) is 0 Å². The number of halogens is 2. The molecule has 1 aromatic heterocycles. The van der Waals surface area contributed by atoms with Crippen LogP contribution in [0.3, 0.4) is 0 Å². The lowest BCUT2D eigenvalue weighted by Crippen LogP contribution is -2.42. The summed E-state index contributed by atoms with van der Waals surface area (Å²) < 4.78 is 13.4. The number of hydrogen-bond donors (Lipinski definition) is 3. The second-order valence-corrected chi connectivity index (χ2v) is 6.41. The molecule has 0 spiro atoms. The van der Waals surface area contributed by atoms with Crippen molar-refractivity contribution < 1.29 is 19.1 Å². The molecule has 1 amide bonds. The molecule has 1 unspecified atom stereocenters. The van der Waals surface area contributed by atoms with Crippen molar-refractivity contribution in [2.75, 3.05) is 0 Å². The van der Waals surface area contributed by atoms with Crippen LogP contribution in [0.4, 0.5) is 4.39 Å². The number of H-pyrrole nitrogens is 1. The van der Waals surface area contributed by atoms with E-state index in [0.717, 1.165) is 28.6 Å². The van der Waals surface area contributed by atoms with Gasteiger partial charge in [-0.25, -0.2) is 9.18 Å². The highest BCUT2D eigenvalue weighted by molar-refractivity contribution is 9.10. The molecule has 2 aromatic carbocycles. The minimum Gasteiger partial charge on any atom is -0.480 e. The Morgan fingerprint density at radius 3 is 2.72 bits per heavy atom. The number of benzene rings is 2. The van der Waals surface area contributed by atoms with E-state index >= 15 is 0 Å². The maximum atomic E-state index is 13.1. The first-order chi connectivity index (χ1) is 12.0. The van der Waals surface area contributed by atoms with E-state index in [9.17, 15) is 19.1 Å². The zero-order valence-corrected chi connectivity index (χ0v) is 14.5. The molecule has 1 heterocycles. The van der Waals surface area contributed by atoms with Gasteiger partial charge in [-0.15, -0.1) is 0 Å². The second kappa shape index (κ2) is 7.06. The van der Waals surface area contributed by atoms with E-state index < -0.39 is 23.7 Å². The molecule has 0 aliphatic heterocycles. The molecule has 0 saturated carbocycles. The van der Waals surface area contributed by atoms with E-state index in [1.54, 1.807) is 6.20 Å². The summed E-state index contributed by atoms with van der Waals surface area (Å²) in [5, 5.41) is 12.9. The summed E-state index contributed by atoms with van der Waals surface area (Å²) >= 11 is 3.11. The van der Waals surface area contributed by atoms with Crippen LogP contribution in [0.15, 0.2) is 53.1 Å². The first kappa shape index (κ1) is 17.2. The first-order valence-corrected chi connectivity index (χ1v) is 8.28. The SMILES string of the molecule is O=C(NC(Cc1c[nH]c2ccccc12)C(=O)O)c1ccc(F)cc1Br. The number of aromatic nitrogens is 1. The molecule has 25 heavy (non-hydrogen) atoms. The Kier molecular flexibility index (Phi) is 4.85. The van der Waals surface area contributed by atoms with Crippen molar-refractivity contribution >= 4 is 38.7 Å². The molecule has 0 aliphatic carbocycles. The normalized spacial score (nSPS) is 12.1. The van der Waals surface area contributed by atoms with Gasteiger partial charge in [-0.3, -0.25) is 4.79 Å². The molecule has 0 fully saturated rings. The van der Waals surface area contributed by atoms with E-state index in [0.29, 0.717) is 0 Å². The maximum absolute atomic E-state index is 13.1. The highest BCUT2D eigenvalue weighted by atomic mass is 79.9. The predicted octanol–water partition coefficient (Wildman–Crippen LogP) is 3.50. The Hall–Kier alpha value is -2.67. The van der Waals surface area contributed by atoms with Gasteiger partial charge in [0, 0.05) is 28.0 Å². The van der Waals surface area contributed by atoms with Crippen LogP contribution in [0.2, 0.25) is 0 Å². The molecule has 3 N–H and O–H groups in total. The lowest BCUT2D eigenvalue weighted by molar-refractivity contribution is -0.139.